The van der Waals surface area contributed by atoms with Crippen molar-refractivity contribution in [3.8, 4) is 0 Å². The number of halogens is 1. The van der Waals surface area contributed by atoms with Crippen LogP contribution in [0.5, 0.6) is 0 Å². The van der Waals surface area contributed by atoms with Crippen LogP contribution in [0.3, 0.4) is 0 Å². The van der Waals surface area contributed by atoms with Crippen LogP contribution in [0.4, 0.5) is 4.39 Å². The van der Waals surface area contributed by atoms with Gasteiger partial charge in [0.15, 0.2) is 23.8 Å². The quantitative estimate of drug-likeness (QED) is 0.112. The van der Waals surface area contributed by atoms with Crippen molar-refractivity contribution in [3.63, 3.8) is 0 Å². The van der Waals surface area contributed by atoms with Crippen molar-refractivity contribution >= 4 is 23.5 Å². The molecule has 18 nitrogen and oxygen atoms in total. The Morgan fingerprint density at radius 2 is 1.78 bits per heavy atom. The Bertz CT molecular complexity index is 1420. The van der Waals surface area contributed by atoms with Crippen molar-refractivity contribution in [1.29, 1.82) is 0 Å². The lowest BCUT2D eigenvalue weighted by atomic mass is 9.46. The van der Waals surface area contributed by atoms with Crippen molar-refractivity contribution in [2.45, 2.75) is 95.3 Å². The zero-order valence-corrected chi connectivity index (χ0v) is 28.0. The highest BCUT2D eigenvalue weighted by atomic mass is 19.1. The molecule has 0 spiro atoms. The van der Waals surface area contributed by atoms with Gasteiger partial charge in [-0.25, -0.2) is 14.1 Å². The zero-order chi connectivity index (χ0) is 37.0. The maximum absolute atomic E-state index is 15.8. The van der Waals surface area contributed by atoms with Crippen LogP contribution >= 0.6 is 0 Å². The third kappa shape index (κ3) is 6.89. The highest BCUT2D eigenvalue weighted by Gasteiger charge is 2.77. The predicted octanol–water partition coefficient (Wildman–Crippen LogP) is 0.479. The van der Waals surface area contributed by atoms with Crippen LogP contribution in [0, 0.1) is 28.6 Å². The first-order valence-corrected chi connectivity index (χ1v) is 16.2. The molecule has 0 radical (unpaired) electrons. The lowest BCUT2D eigenvalue weighted by Gasteiger charge is -2.60. The smallest absolute Gasteiger partial charge is 0.323 e. The fraction of sp³-hybridized carbons (Fsp3) is 0.742. The van der Waals surface area contributed by atoms with E-state index in [9.17, 15) is 24.3 Å². The van der Waals surface area contributed by atoms with Crippen LogP contribution in [0.15, 0.2) is 23.8 Å². The van der Waals surface area contributed by atoms with E-state index < -0.39 is 119 Å². The monoisotopic (exact) mass is 717 g/mol. The number of aliphatic hydroxyl groups is 1. The molecule has 1 heterocycles. The van der Waals surface area contributed by atoms with E-state index in [1.165, 1.54) is 12.2 Å². The fourth-order valence-corrected chi connectivity index (χ4v) is 9.18. The van der Waals surface area contributed by atoms with E-state index in [1.54, 1.807) is 19.9 Å². The first-order valence-electron chi connectivity index (χ1n) is 16.2. The number of carbonyl (C=O) groups is 4. The Balaban J connectivity index is 1.27. The molecule has 0 aromatic carbocycles. The Morgan fingerprint density at radius 3 is 2.44 bits per heavy atom. The summed E-state index contributed by atoms with van der Waals surface area (Å²) in [6.07, 6.45) is -0.647. The third-order valence-corrected chi connectivity index (χ3v) is 11.0. The summed E-state index contributed by atoms with van der Waals surface area (Å²) in [6.45, 7) is 4.65. The molecule has 5 aliphatic rings. The van der Waals surface area contributed by atoms with Gasteiger partial charge in [0.1, 0.15) is 31.5 Å². The number of ether oxygens (including phenoxy) is 4. The number of nitrogens with zero attached hydrogens (tertiary/aromatic N) is 2. The standard InChI is InChI=1S/C31H44FN3O15/c1-28(2)48-24-9-18-17-8-20(32)19-7-15(36)5-6-29(19,3)26(17)22(37)11-30(18,4)31(24,50-28)23(38)14-45-25(39)10-21(33)27(40)46-12-16(49-35(43)44)13-47-34(41)42/h5-7,16-18,20-22,24,26,37,41-44H,8-14,33H2,1-4H3/t16?,17-,18?,20?,21?,22-,24+,26?,29-,30-,31+/m0/s1. The number of fused-ring (bicyclic) bond motifs is 7. The molecule has 7 N–H and O–H groups in total. The molecule has 4 fully saturated rings. The second-order valence-corrected chi connectivity index (χ2v) is 14.4. The summed E-state index contributed by atoms with van der Waals surface area (Å²) in [5.41, 5.74) is 2.44. The zero-order valence-electron chi connectivity index (χ0n) is 28.0. The maximum Gasteiger partial charge on any atom is 0.323 e. The molecule has 280 valence electrons. The first-order chi connectivity index (χ1) is 23.2. The number of alkyl halides is 1. The van der Waals surface area contributed by atoms with Gasteiger partial charge >= 0.3 is 11.9 Å². The summed E-state index contributed by atoms with van der Waals surface area (Å²) < 4.78 is 38.7. The molecule has 0 amide bonds. The van der Waals surface area contributed by atoms with Crippen LogP contribution in [0.2, 0.25) is 0 Å². The SMILES string of the molecule is CC1(C)O[C@@H]2CC3[C@@H]4CC(F)C5=CC(=O)C=C[C@]5(C)C4[C@@H](O)C[C@]3(C)[C@]2(C(=O)COC(=O)CC(N)C(=O)OCC(CON(O)O)ON(O)O)O1. The Morgan fingerprint density at radius 1 is 1.08 bits per heavy atom. The number of aliphatic hydroxyl groups excluding tert-OH is 1. The molecule has 50 heavy (non-hydrogen) atoms. The fourth-order valence-electron chi connectivity index (χ4n) is 9.18. The van der Waals surface area contributed by atoms with E-state index in [4.69, 9.17) is 45.5 Å². The second-order valence-electron chi connectivity index (χ2n) is 14.4. The minimum Gasteiger partial charge on any atom is -0.462 e. The van der Waals surface area contributed by atoms with E-state index in [0.29, 0.717) is 12.0 Å². The summed E-state index contributed by atoms with van der Waals surface area (Å²) >= 11 is 0. The van der Waals surface area contributed by atoms with E-state index in [2.05, 4.69) is 9.68 Å². The van der Waals surface area contributed by atoms with Crippen LogP contribution < -0.4 is 5.73 Å². The lowest BCUT2D eigenvalue weighted by molar-refractivity contribution is -0.527. The summed E-state index contributed by atoms with van der Waals surface area (Å²) in [7, 11) is 0. The summed E-state index contributed by atoms with van der Waals surface area (Å²) in [4.78, 5) is 60.3. The molecule has 1 saturated heterocycles. The Kier molecular flexibility index (Phi) is 10.7. The Labute approximate surface area is 285 Å². The van der Waals surface area contributed by atoms with Crippen molar-refractivity contribution in [2.75, 3.05) is 19.8 Å². The largest absolute Gasteiger partial charge is 0.462 e. The van der Waals surface area contributed by atoms with Crippen molar-refractivity contribution < 1.29 is 78.1 Å². The molecule has 11 atom stereocenters. The number of allylic oxidation sites excluding steroid dienone is 4. The van der Waals surface area contributed by atoms with Crippen molar-refractivity contribution in [1.82, 2.24) is 10.8 Å². The molecule has 3 saturated carbocycles. The first kappa shape index (κ1) is 38.4. The third-order valence-electron chi connectivity index (χ3n) is 11.0. The molecule has 4 aliphatic carbocycles. The van der Waals surface area contributed by atoms with E-state index in [-0.39, 0.29) is 24.5 Å². The molecule has 1 aliphatic heterocycles. The molecule has 0 aromatic rings. The van der Waals surface area contributed by atoms with Crippen LogP contribution in [-0.2, 0) is 47.8 Å². The van der Waals surface area contributed by atoms with Gasteiger partial charge in [0, 0.05) is 16.7 Å². The average molecular weight is 718 g/mol. The molecule has 19 heteroatoms. The Hall–Kier alpha value is -2.79. The number of esters is 2. The number of nitrogens with two attached hydrogens (primary N) is 1. The predicted molar refractivity (Wildman–Crippen MR) is 158 cm³/mol. The highest BCUT2D eigenvalue weighted by Crippen LogP contribution is 2.70. The molecule has 0 aromatic heterocycles. The number of ketones is 2. The van der Waals surface area contributed by atoms with Gasteiger partial charge in [-0.1, -0.05) is 19.9 Å². The lowest BCUT2D eigenvalue weighted by Crippen LogP contribution is -2.64. The highest BCUT2D eigenvalue weighted by molar-refractivity contribution is 6.01. The number of rotatable bonds is 13. The van der Waals surface area contributed by atoms with E-state index in [1.807, 2.05) is 13.8 Å². The molecular weight excluding hydrogens is 673 g/mol. The van der Waals surface area contributed by atoms with E-state index >= 15 is 4.39 Å². The summed E-state index contributed by atoms with van der Waals surface area (Å²) in [6, 6.07) is -1.59. The van der Waals surface area contributed by atoms with Gasteiger partial charge in [-0.2, -0.15) is 0 Å². The molecular formula is C31H44FN3O15. The maximum atomic E-state index is 15.8. The number of hydrogen-bond donors (Lipinski definition) is 6. The van der Waals surface area contributed by atoms with Crippen LogP contribution in [0.1, 0.15) is 53.4 Å². The minimum absolute atomic E-state index is 0.0351. The summed E-state index contributed by atoms with van der Waals surface area (Å²) in [5.74, 6) is -5.57. The minimum atomic E-state index is -1.68. The van der Waals surface area contributed by atoms with Gasteiger partial charge in [0.05, 0.1) is 29.4 Å². The number of hydrogen-bond acceptors (Lipinski definition) is 18. The van der Waals surface area contributed by atoms with E-state index in [0.717, 1.165) is 0 Å². The number of Topliss-reactive ketones (excluding diaryl/α,β-unsaturated/α-hetero) is 1. The molecule has 0 bridgehead atoms. The van der Waals surface area contributed by atoms with Gasteiger partial charge in [-0.15, -0.1) is 0 Å². The van der Waals surface area contributed by atoms with Crippen LogP contribution in [-0.4, -0.2) is 122 Å². The van der Waals surface area contributed by atoms with Gasteiger partial charge in [0.2, 0.25) is 5.78 Å². The van der Waals surface area contributed by atoms with Crippen molar-refractivity contribution in [2.24, 2.45) is 34.3 Å². The second kappa shape index (κ2) is 14.0. The summed E-state index contributed by atoms with van der Waals surface area (Å²) in [5, 5.41) is 45.3. The number of carbonyl (C=O) groups excluding carboxylic acids is 4. The van der Waals surface area contributed by atoms with Gasteiger partial charge in [-0.3, -0.25) is 40.0 Å². The van der Waals surface area contributed by atoms with Gasteiger partial charge < -0.3 is 29.8 Å². The molecule has 5 unspecified atom stereocenters. The van der Waals surface area contributed by atoms with Gasteiger partial charge in [0.25, 0.3) is 0 Å². The van der Waals surface area contributed by atoms with Crippen LogP contribution in [0.25, 0.3) is 0 Å². The average Bonchev–Trinajstić information content (AvgIpc) is 3.42. The van der Waals surface area contributed by atoms with Crippen molar-refractivity contribution in [3.05, 3.63) is 23.8 Å². The topological polar surface area (TPSA) is 257 Å². The molecule has 5 rings (SSSR count). The van der Waals surface area contributed by atoms with Gasteiger partial charge in [-0.05, 0) is 62.7 Å². The normalized spacial score (nSPS) is 38.1.